The Labute approximate surface area is 142 Å². The van der Waals surface area contributed by atoms with E-state index in [4.69, 9.17) is 0 Å². The van der Waals surface area contributed by atoms with Gasteiger partial charge in [0, 0.05) is 11.5 Å². The second-order valence-electron chi connectivity index (χ2n) is 4.83. The lowest BCUT2D eigenvalue weighted by molar-refractivity contribution is 0.102. The predicted molar refractivity (Wildman–Crippen MR) is 91.7 cm³/mol. The summed E-state index contributed by atoms with van der Waals surface area (Å²) in [5, 5.41) is 2.44. The molecule has 0 atom stereocenters. The minimum absolute atomic E-state index is 0.00927. The smallest absolute Gasteiger partial charge is 0.257 e. The number of hydrogen-bond acceptors (Lipinski definition) is 3. The molecule has 5 nitrogen and oxygen atoms in total. The first-order valence-corrected chi connectivity index (χ1v) is 9.13. The van der Waals surface area contributed by atoms with Crippen molar-refractivity contribution in [2.45, 2.75) is 0 Å². The van der Waals surface area contributed by atoms with Crippen molar-refractivity contribution in [3.8, 4) is 0 Å². The molecule has 0 heterocycles. The van der Waals surface area contributed by atoms with Crippen LogP contribution in [0.25, 0.3) is 0 Å². The van der Waals surface area contributed by atoms with Gasteiger partial charge in [0.2, 0.25) is 10.0 Å². The number of halogens is 2. The average Bonchev–Trinajstić information content (AvgIpc) is 2.48. The third-order valence-corrected chi connectivity index (χ3v) is 4.85. The SMILES string of the molecule is CN(c1ccccc1C(=O)Nc1ccc(Br)cc1F)S(C)(=O)=O. The lowest BCUT2D eigenvalue weighted by Gasteiger charge is -2.19. The number of nitrogens with zero attached hydrogens (tertiary/aromatic N) is 1. The molecule has 8 heteroatoms. The van der Waals surface area contributed by atoms with Gasteiger partial charge in [-0.2, -0.15) is 0 Å². The monoisotopic (exact) mass is 400 g/mol. The summed E-state index contributed by atoms with van der Waals surface area (Å²) in [6.07, 6.45) is 1.04. The van der Waals surface area contributed by atoms with Crippen molar-refractivity contribution in [2.75, 3.05) is 22.9 Å². The second kappa shape index (κ2) is 6.67. The lowest BCUT2D eigenvalue weighted by Crippen LogP contribution is -2.27. The minimum Gasteiger partial charge on any atom is -0.319 e. The number of nitrogens with one attached hydrogen (secondary N) is 1. The van der Waals surface area contributed by atoms with Crippen molar-refractivity contribution in [3.05, 3.63) is 58.3 Å². The van der Waals surface area contributed by atoms with Gasteiger partial charge < -0.3 is 5.32 Å². The van der Waals surface area contributed by atoms with Crippen LogP contribution in [0.1, 0.15) is 10.4 Å². The topological polar surface area (TPSA) is 66.5 Å². The van der Waals surface area contributed by atoms with Crippen LogP contribution in [0.2, 0.25) is 0 Å². The molecule has 0 aliphatic rings. The van der Waals surface area contributed by atoms with E-state index in [-0.39, 0.29) is 16.9 Å². The molecule has 0 aliphatic heterocycles. The second-order valence-corrected chi connectivity index (χ2v) is 7.76. The van der Waals surface area contributed by atoms with Gasteiger partial charge in [-0.15, -0.1) is 0 Å². The van der Waals surface area contributed by atoms with Crippen LogP contribution in [0.5, 0.6) is 0 Å². The Balaban J connectivity index is 2.37. The fourth-order valence-electron chi connectivity index (χ4n) is 1.90. The van der Waals surface area contributed by atoms with E-state index in [0.29, 0.717) is 4.47 Å². The lowest BCUT2D eigenvalue weighted by atomic mass is 10.1. The first-order valence-electron chi connectivity index (χ1n) is 6.49. The van der Waals surface area contributed by atoms with E-state index in [0.717, 1.165) is 10.6 Å². The van der Waals surface area contributed by atoms with Crippen molar-refractivity contribution in [1.29, 1.82) is 0 Å². The van der Waals surface area contributed by atoms with Crippen molar-refractivity contribution in [3.63, 3.8) is 0 Å². The van der Waals surface area contributed by atoms with Gasteiger partial charge in [-0.05, 0) is 30.3 Å². The van der Waals surface area contributed by atoms with E-state index in [2.05, 4.69) is 21.2 Å². The molecule has 1 N–H and O–H groups in total. The maximum atomic E-state index is 13.8. The Hall–Kier alpha value is -1.93. The Bertz CT molecular complexity index is 856. The summed E-state index contributed by atoms with van der Waals surface area (Å²) in [6.45, 7) is 0. The van der Waals surface area contributed by atoms with Crippen LogP contribution >= 0.6 is 15.9 Å². The molecule has 0 radical (unpaired) electrons. The van der Waals surface area contributed by atoms with E-state index >= 15 is 0 Å². The van der Waals surface area contributed by atoms with Crippen LogP contribution in [-0.2, 0) is 10.0 Å². The van der Waals surface area contributed by atoms with Crippen LogP contribution in [0.4, 0.5) is 15.8 Å². The van der Waals surface area contributed by atoms with E-state index in [9.17, 15) is 17.6 Å². The normalized spacial score (nSPS) is 11.1. The minimum atomic E-state index is -3.53. The number of hydrogen-bond donors (Lipinski definition) is 1. The molecule has 0 fully saturated rings. The van der Waals surface area contributed by atoms with Crippen molar-refractivity contribution in [1.82, 2.24) is 0 Å². The van der Waals surface area contributed by atoms with Gasteiger partial charge in [0.25, 0.3) is 5.91 Å². The number of anilines is 2. The van der Waals surface area contributed by atoms with Crippen LogP contribution in [0.3, 0.4) is 0 Å². The molecule has 0 bridgehead atoms. The summed E-state index contributed by atoms with van der Waals surface area (Å²) in [7, 11) is -2.18. The number of para-hydroxylation sites is 1. The Morgan fingerprint density at radius 2 is 1.87 bits per heavy atom. The van der Waals surface area contributed by atoms with Crippen LogP contribution < -0.4 is 9.62 Å². The summed E-state index contributed by atoms with van der Waals surface area (Å²) in [6, 6.07) is 10.4. The van der Waals surface area contributed by atoms with E-state index in [1.165, 1.54) is 31.3 Å². The van der Waals surface area contributed by atoms with Gasteiger partial charge in [-0.1, -0.05) is 28.1 Å². The quantitative estimate of drug-likeness (QED) is 0.856. The largest absolute Gasteiger partial charge is 0.319 e. The molecule has 122 valence electrons. The van der Waals surface area contributed by atoms with Gasteiger partial charge >= 0.3 is 0 Å². The number of rotatable bonds is 4. The highest BCUT2D eigenvalue weighted by molar-refractivity contribution is 9.10. The number of carbonyl (C=O) groups is 1. The first kappa shape index (κ1) is 17.4. The number of amides is 1. The number of sulfonamides is 1. The fourth-order valence-corrected chi connectivity index (χ4v) is 2.75. The Morgan fingerprint density at radius 3 is 2.48 bits per heavy atom. The average molecular weight is 401 g/mol. The molecule has 1 amide bonds. The fraction of sp³-hybridized carbons (Fsp3) is 0.133. The predicted octanol–water partition coefficient (Wildman–Crippen LogP) is 3.24. The summed E-state index contributed by atoms with van der Waals surface area (Å²) >= 11 is 3.13. The van der Waals surface area contributed by atoms with Gasteiger partial charge in [0.1, 0.15) is 5.82 Å². The first-order chi connectivity index (χ1) is 10.7. The maximum absolute atomic E-state index is 13.8. The number of carbonyl (C=O) groups excluding carboxylic acids is 1. The molecule has 0 spiro atoms. The van der Waals surface area contributed by atoms with E-state index < -0.39 is 21.7 Å². The highest BCUT2D eigenvalue weighted by Crippen LogP contribution is 2.24. The number of benzene rings is 2. The Kier molecular flexibility index (Phi) is 5.06. The molecule has 2 rings (SSSR count). The van der Waals surface area contributed by atoms with E-state index in [1.807, 2.05) is 0 Å². The highest BCUT2D eigenvalue weighted by atomic mass is 79.9. The van der Waals surface area contributed by atoms with Gasteiger partial charge in [0.15, 0.2) is 0 Å². The standard InChI is InChI=1S/C15H14BrFN2O3S/c1-19(23(2,21)22)14-6-4-3-5-11(14)15(20)18-13-8-7-10(16)9-12(13)17/h3-9H,1-2H3,(H,18,20). The van der Waals surface area contributed by atoms with Crippen LogP contribution in [0, 0.1) is 5.82 Å². The zero-order valence-corrected chi connectivity index (χ0v) is 14.8. The molecular weight excluding hydrogens is 387 g/mol. The third kappa shape index (κ3) is 4.08. The maximum Gasteiger partial charge on any atom is 0.257 e. The molecule has 0 aliphatic carbocycles. The molecule has 0 unspecified atom stereocenters. The zero-order chi connectivity index (χ0) is 17.2. The van der Waals surface area contributed by atoms with Gasteiger partial charge in [0.05, 0.1) is 23.2 Å². The molecule has 2 aromatic rings. The van der Waals surface area contributed by atoms with Gasteiger partial charge in [-0.3, -0.25) is 9.10 Å². The molecule has 0 aromatic heterocycles. The third-order valence-electron chi connectivity index (χ3n) is 3.16. The van der Waals surface area contributed by atoms with Crippen molar-refractivity contribution >= 4 is 43.2 Å². The molecule has 0 saturated carbocycles. The summed E-state index contributed by atoms with van der Waals surface area (Å²) in [5.41, 5.74) is 0.350. The van der Waals surface area contributed by atoms with Crippen LogP contribution in [0.15, 0.2) is 46.9 Å². The summed E-state index contributed by atoms with van der Waals surface area (Å²) < 4.78 is 38.7. The Morgan fingerprint density at radius 1 is 1.22 bits per heavy atom. The van der Waals surface area contributed by atoms with E-state index in [1.54, 1.807) is 18.2 Å². The highest BCUT2D eigenvalue weighted by Gasteiger charge is 2.20. The molecule has 2 aromatic carbocycles. The van der Waals surface area contributed by atoms with Crippen molar-refractivity contribution in [2.24, 2.45) is 0 Å². The van der Waals surface area contributed by atoms with Crippen LogP contribution in [-0.4, -0.2) is 27.6 Å². The van der Waals surface area contributed by atoms with Gasteiger partial charge in [-0.25, -0.2) is 12.8 Å². The summed E-state index contributed by atoms with van der Waals surface area (Å²) in [4.78, 5) is 12.4. The molecular formula is C15H14BrFN2O3S. The van der Waals surface area contributed by atoms with Crippen molar-refractivity contribution < 1.29 is 17.6 Å². The molecule has 23 heavy (non-hydrogen) atoms. The zero-order valence-electron chi connectivity index (χ0n) is 12.4. The summed E-state index contributed by atoms with van der Waals surface area (Å²) in [5.74, 6) is -1.20. The molecule has 0 saturated heterocycles.